The third-order valence-corrected chi connectivity index (χ3v) is 3.02. The van der Waals surface area contributed by atoms with Crippen molar-refractivity contribution in [2.45, 2.75) is 39.5 Å². The molecule has 1 aliphatic rings. The first-order valence-electron chi connectivity index (χ1n) is 5.83. The summed E-state index contributed by atoms with van der Waals surface area (Å²) in [7, 11) is 0. The summed E-state index contributed by atoms with van der Waals surface area (Å²) in [5.41, 5.74) is 3.59. The second-order valence-corrected chi connectivity index (χ2v) is 4.44. The van der Waals surface area contributed by atoms with E-state index >= 15 is 0 Å². The molecule has 0 N–H and O–H groups in total. The Morgan fingerprint density at radius 3 is 2.87 bits per heavy atom. The first-order chi connectivity index (χ1) is 7.22. The Bertz CT molecular complexity index is 347. The SMILES string of the molecule is CCN1CCCc2nnc(C(C)C)cc21. The zero-order valence-corrected chi connectivity index (χ0v) is 9.82. The molecule has 1 aromatic heterocycles. The Morgan fingerprint density at radius 1 is 1.40 bits per heavy atom. The van der Waals surface area contributed by atoms with Crippen molar-refractivity contribution in [1.29, 1.82) is 0 Å². The highest BCUT2D eigenvalue weighted by Crippen LogP contribution is 2.26. The highest BCUT2D eigenvalue weighted by atomic mass is 15.2. The molecule has 3 heteroatoms. The minimum Gasteiger partial charge on any atom is -0.370 e. The fourth-order valence-corrected chi connectivity index (χ4v) is 2.04. The fraction of sp³-hybridized carbons (Fsp3) is 0.667. The highest BCUT2D eigenvalue weighted by Gasteiger charge is 2.18. The molecule has 0 aromatic carbocycles. The van der Waals surface area contributed by atoms with Crippen LogP contribution in [0.25, 0.3) is 0 Å². The summed E-state index contributed by atoms with van der Waals surface area (Å²) in [6.45, 7) is 8.75. The van der Waals surface area contributed by atoms with Gasteiger partial charge in [-0.15, -0.1) is 0 Å². The first-order valence-corrected chi connectivity index (χ1v) is 5.83. The number of hydrogen-bond acceptors (Lipinski definition) is 3. The zero-order chi connectivity index (χ0) is 10.8. The number of aryl methyl sites for hydroxylation is 1. The summed E-state index contributed by atoms with van der Waals surface area (Å²) in [6, 6.07) is 2.22. The van der Waals surface area contributed by atoms with E-state index in [4.69, 9.17) is 0 Å². The molecule has 1 aromatic rings. The van der Waals surface area contributed by atoms with E-state index in [2.05, 4.69) is 41.9 Å². The predicted octanol–water partition coefficient (Wildman–Crippen LogP) is 2.37. The number of rotatable bonds is 2. The van der Waals surface area contributed by atoms with Gasteiger partial charge in [0.05, 0.1) is 17.1 Å². The predicted molar refractivity (Wildman–Crippen MR) is 62.3 cm³/mol. The Morgan fingerprint density at radius 2 is 2.20 bits per heavy atom. The zero-order valence-electron chi connectivity index (χ0n) is 9.82. The molecule has 0 amide bonds. The summed E-state index contributed by atoms with van der Waals surface area (Å²) in [4.78, 5) is 2.40. The second-order valence-electron chi connectivity index (χ2n) is 4.44. The molecular formula is C12H19N3. The molecule has 0 aliphatic carbocycles. The topological polar surface area (TPSA) is 29.0 Å². The third kappa shape index (κ3) is 1.96. The van der Waals surface area contributed by atoms with Crippen LogP contribution in [0.1, 0.15) is 44.5 Å². The summed E-state index contributed by atoms with van der Waals surface area (Å²) in [5.74, 6) is 0.462. The van der Waals surface area contributed by atoms with Crippen molar-refractivity contribution in [2.75, 3.05) is 18.0 Å². The van der Waals surface area contributed by atoms with Gasteiger partial charge in [0, 0.05) is 13.1 Å². The quantitative estimate of drug-likeness (QED) is 0.742. The summed E-state index contributed by atoms with van der Waals surface area (Å²) < 4.78 is 0. The average Bonchev–Trinajstić information content (AvgIpc) is 2.27. The van der Waals surface area contributed by atoms with Crippen molar-refractivity contribution < 1.29 is 0 Å². The second kappa shape index (κ2) is 4.17. The summed E-state index contributed by atoms with van der Waals surface area (Å²) in [5, 5.41) is 8.63. The van der Waals surface area contributed by atoms with E-state index in [0.717, 1.165) is 25.2 Å². The number of hydrogen-bond donors (Lipinski definition) is 0. The van der Waals surface area contributed by atoms with Crippen LogP contribution in [0.2, 0.25) is 0 Å². The lowest BCUT2D eigenvalue weighted by atomic mass is 10.0. The van der Waals surface area contributed by atoms with Gasteiger partial charge in [-0.05, 0) is 31.7 Å². The highest BCUT2D eigenvalue weighted by molar-refractivity contribution is 5.53. The Labute approximate surface area is 91.5 Å². The van der Waals surface area contributed by atoms with E-state index in [1.54, 1.807) is 0 Å². The molecule has 0 saturated heterocycles. The lowest BCUT2D eigenvalue weighted by Gasteiger charge is -2.29. The van der Waals surface area contributed by atoms with Gasteiger partial charge in [-0.25, -0.2) is 0 Å². The number of aromatic nitrogens is 2. The average molecular weight is 205 g/mol. The van der Waals surface area contributed by atoms with Gasteiger partial charge in [0.2, 0.25) is 0 Å². The number of anilines is 1. The van der Waals surface area contributed by atoms with Gasteiger partial charge in [0.15, 0.2) is 0 Å². The monoisotopic (exact) mass is 205 g/mol. The number of nitrogens with zero attached hydrogens (tertiary/aromatic N) is 3. The minimum absolute atomic E-state index is 0.462. The maximum absolute atomic E-state index is 4.35. The molecule has 82 valence electrons. The standard InChI is InChI=1S/C12H19N3/c1-4-15-7-5-6-10-12(15)8-11(9(2)3)14-13-10/h8-9H,4-7H2,1-3H3. The van der Waals surface area contributed by atoms with Gasteiger partial charge in [-0.1, -0.05) is 13.8 Å². The molecule has 0 atom stereocenters. The third-order valence-electron chi connectivity index (χ3n) is 3.02. The maximum atomic E-state index is 4.35. The van der Waals surface area contributed by atoms with Crippen LogP contribution in [-0.2, 0) is 6.42 Å². The smallest absolute Gasteiger partial charge is 0.0864 e. The van der Waals surface area contributed by atoms with E-state index < -0.39 is 0 Å². The number of fused-ring (bicyclic) bond motifs is 1. The van der Waals surface area contributed by atoms with Gasteiger partial charge >= 0.3 is 0 Å². The molecular weight excluding hydrogens is 186 g/mol. The lowest BCUT2D eigenvalue weighted by molar-refractivity contribution is 0.665. The van der Waals surface area contributed by atoms with Gasteiger partial charge in [-0.2, -0.15) is 10.2 Å². The van der Waals surface area contributed by atoms with Crippen molar-refractivity contribution >= 4 is 5.69 Å². The minimum atomic E-state index is 0.462. The molecule has 2 rings (SSSR count). The normalized spacial score (nSPS) is 15.6. The molecule has 3 nitrogen and oxygen atoms in total. The van der Waals surface area contributed by atoms with Gasteiger partial charge in [-0.3, -0.25) is 0 Å². The van der Waals surface area contributed by atoms with Crippen molar-refractivity contribution in [3.63, 3.8) is 0 Å². The van der Waals surface area contributed by atoms with Crippen LogP contribution in [0, 0.1) is 0 Å². The van der Waals surface area contributed by atoms with E-state index in [0.29, 0.717) is 5.92 Å². The van der Waals surface area contributed by atoms with Crippen LogP contribution in [0.5, 0.6) is 0 Å². The Kier molecular flexibility index (Phi) is 2.89. The summed E-state index contributed by atoms with van der Waals surface area (Å²) >= 11 is 0. The van der Waals surface area contributed by atoms with Crippen molar-refractivity contribution in [3.8, 4) is 0 Å². The van der Waals surface area contributed by atoms with Crippen molar-refractivity contribution in [1.82, 2.24) is 10.2 Å². The van der Waals surface area contributed by atoms with E-state index in [1.165, 1.54) is 17.8 Å². The van der Waals surface area contributed by atoms with Gasteiger partial charge in [0.25, 0.3) is 0 Å². The molecule has 0 bridgehead atoms. The summed E-state index contributed by atoms with van der Waals surface area (Å²) in [6.07, 6.45) is 2.29. The molecule has 2 heterocycles. The van der Waals surface area contributed by atoms with Gasteiger partial charge < -0.3 is 4.90 Å². The van der Waals surface area contributed by atoms with Crippen LogP contribution < -0.4 is 4.90 Å². The van der Waals surface area contributed by atoms with Crippen molar-refractivity contribution in [3.05, 3.63) is 17.5 Å². The Balaban J connectivity index is 2.39. The van der Waals surface area contributed by atoms with Crippen LogP contribution in [0.4, 0.5) is 5.69 Å². The molecule has 0 saturated carbocycles. The van der Waals surface area contributed by atoms with Crippen LogP contribution in [0.3, 0.4) is 0 Å². The molecule has 0 spiro atoms. The van der Waals surface area contributed by atoms with Crippen LogP contribution in [0.15, 0.2) is 6.07 Å². The van der Waals surface area contributed by atoms with E-state index in [1.807, 2.05) is 0 Å². The van der Waals surface area contributed by atoms with E-state index in [9.17, 15) is 0 Å². The van der Waals surface area contributed by atoms with Crippen LogP contribution in [-0.4, -0.2) is 23.3 Å². The largest absolute Gasteiger partial charge is 0.370 e. The first kappa shape index (κ1) is 10.4. The molecule has 15 heavy (non-hydrogen) atoms. The Hall–Kier alpha value is -1.12. The molecule has 0 fully saturated rings. The molecule has 1 aliphatic heterocycles. The molecule has 0 unspecified atom stereocenters. The van der Waals surface area contributed by atoms with Crippen LogP contribution >= 0.6 is 0 Å². The van der Waals surface area contributed by atoms with Crippen molar-refractivity contribution in [2.24, 2.45) is 0 Å². The molecule has 0 radical (unpaired) electrons. The van der Waals surface area contributed by atoms with Gasteiger partial charge in [0.1, 0.15) is 0 Å². The van der Waals surface area contributed by atoms with E-state index in [-0.39, 0.29) is 0 Å². The fourth-order valence-electron chi connectivity index (χ4n) is 2.04. The lowest BCUT2D eigenvalue weighted by Crippen LogP contribution is -2.30. The maximum Gasteiger partial charge on any atom is 0.0864 e.